The molecule has 1 heteroatoms. The van der Waals surface area contributed by atoms with Gasteiger partial charge in [0.1, 0.15) is 0 Å². The van der Waals surface area contributed by atoms with E-state index >= 15 is 0 Å². The largest absolute Gasteiger partial charge is 0.399 e. The number of allylic oxidation sites excluding steroid dienone is 4. The van der Waals surface area contributed by atoms with E-state index in [2.05, 4.69) is 25.3 Å². The lowest BCUT2D eigenvalue weighted by Crippen LogP contribution is -1.95. The molecule has 2 N–H and O–H groups in total. The number of benzene rings is 1. The predicted molar refractivity (Wildman–Crippen MR) is 64.5 cm³/mol. The summed E-state index contributed by atoms with van der Waals surface area (Å²) >= 11 is 0. The minimum absolute atomic E-state index is 0.814. The molecule has 1 aliphatic carbocycles. The number of rotatable bonds is 1. The first kappa shape index (κ1) is 9.61. The molecule has 0 bridgehead atoms. The van der Waals surface area contributed by atoms with Gasteiger partial charge < -0.3 is 5.73 Å². The second kappa shape index (κ2) is 3.67. The smallest absolute Gasteiger partial charge is 0.0326 e. The summed E-state index contributed by atoms with van der Waals surface area (Å²) < 4.78 is 0. The van der Waals surface area contributed by atoms with Crippen molar-refractivity contribution in [2.45, 2.75) is 13.8 Å². The van der Waals surface area contributed by atoms with Crippen molar-refractivity contribution in [3.63, 3.8) is 0 Å². The van der Waals surface area contributed by atoms with Crippen molar-refractivity contribution in [2.75, 3.05) is 5.73 Å². The summed E-state index contributed by atoms with van der Waals surface area (Å²) in [5.41, 5.74) is 17.3. The van der Waals surface area contributed by atoms with E-state index in [0.29, 0.717) is 0 Å². The molecule has 0 atom stereocenters. The third kappa shape index (κ3) is 1.80. The zero-order valence-electron chi connectivity index (χ0n) is 8.96. The molecule has 1 aromatic carbocycles. The lowest BCUT2D eigenvalue weighted by Gasteiger charge is -2.10. The van der Waals surface area contributed by atoms with Crippen molar-refractivity contribution >= 4 is 11.3 Å². The number of hydrogen-bond acceptors (Lipinski definition) is 1. The highest BCUT2D eigenvalue weighted by atomic mass is 14.5. The first-order valence-electron chi connectivity index (χ1n) is 4.94. The quantitative estimate of drug-likeness (QED) is 0.540. The lowest BCUT2D eigenvalue weighted by atomic mass is 9.94. The van der Waals surface area contributed by atoms with Gasteiger partial charge in [0.25, 0.3) is 0 Å². The highest BCUT2D eigenvalue weighted by Crippen LogP contribution is 2.26. The normalized spacial score (nSPS) is 13.1. The molecule has 0 fully saturated rings. The third-order valence-corrected chi connectivity index (χ3v) is 2.47. The maximum atomic E-state index is 5.79. The molecule has 1 nitrogen and oxygen atoms in total. The summed E-state index contributed by atoms with van der Waals surface area (Å²) in [6.45, 7) is 4.14. The number of hydrogen-bond donors (Lipinski definition) is 1. The Balaban J connectivity index is 2.68. The van der Waals surface area contributed by atoms with Crippen LogP contribution < -0.4 is 5.73 Å². The van der Waals surface area contributed by atoms with Crippen LogP contribution in [0.2, 0.25) is 0 Å². The molecule has 0 saturated carbocycles. The Morgan fingerprint density at radius 2 is 1.80 bits per heavy atom. The van der Waals surface area contributed by atoms with Crippen LogP contribution in [0.15, 0.2) is 41.8 Å². The van der Waals surface area contributed by atoms with E-state index in [1.54, 1.807) is 0 Å². The summed E-state index contributed by atoms with van der Waals surface area (Å²) in [6, 6.07) is 3.98. The summed E-state index contributed by atoms with van der Waals surface area (Å²) in [5, 5.41) is 0. The summed E-state index contributed by atoms with van der Waals surface area (Å²) in [5.74, 6) is 0. The zero-order chi connectivity index (χ0) is 10.8. The maximum Gasteiger partial charge on any atom is 0.0326 e. The first-order chi connectivity index (χ1) is 7.18. The van der Waals surface area contributed by atoms with Crippen LogP contribution >= 0.6 is 0 Å². The van der Waals surface area contributed by atoms with Crippen LogP contribution in [0.1, 0.15) is 16.7 Å². The van der Waals surface area contributed by atoms with Crippen LogP contribution in [-0.4, -0.2) is 0 Å². The predicted octanol–water partition coefficient (Wildman–Crippen LogP) is 3.15. The average molecular weight is 195 g/mol. The molecule has 0 aromatic heterocycles. The molecule has 0 amide bonds. The van der Waals surface area contributed by atoms with Crippen LogP contribution in [0.4, 0.5) is 5.69 Å². The average Bonchev–Trinajstić information content (AvgIpc) is 2.17. The van der Waals surface area contributed by atoms with Crippen LogP contribution in [0, 0.1) is 13.8 Å². The minimum atomic E-state index is 0.814. The van der Waals surface area contributed by atoms with Crippen LogP contribution in [0.3, 0.4) is 0 Å². The topological polar surface area (TPSA) is 26.0 Å². The molecule has 0 aliphatic heterocycles. The fourth-order valence-corrected chi connectivity index (χ4v) is 1.92. The van der Waals surface area contributed by atoms with Gasteiger partial charge in [-0.3, -0.25) is 0 Å². The van der Waals surface area contributed by atoms with Crippen molar-refractivity contribution in [1.29, 1.82) is 0 Å². The Bertz CT molecular complexity index is 511. The van der Waals surface area contributed by atoms with E-state index in [0.717, 1.165) is 11.3 Å². The molecular formula is C14H13N. The Morgan fingerprint density at radius 3 is 2.33 bits per heavy atom. The zero-order valence-corrected chi connectivity index (χ0v) is 8.96. The summed E-state index contributed by atoms with van der Waals surface area (Å²) in [4.78, 5) is 0. The van der Waals surface area contributed by atoms with Crippen molar-refractivity contribution in [3.8, 4) is 0 Å². The van der Waals surface area contributed by atoms with E-state index in [-0.39, 0.29) is 0 Å². The molecule has 2 rings (SSSR count). The first-order valence-corrected chi connectivity index (χ1v) is 4.94. The van der Waals surface area contributed by atoms with Crippen LogP contribution in [0.25, 0.3) is 5.57 Å². The highest BCUT2D eigenvalue weighted by molar-refractivity contribution is 5.79. The number of aryl methyl sites for hydroxylation is 2. The molecule has 0 unspecified atom stereocenters. The van der Waals surface area contributed by atoms with Gasteiger partial charge in [-0.2, -0.15) is 0 Å². The van der Waals surface area contributed by atoms with E-state index < -0.39 is 0 Å². The van der Waals surface area contributed by atoms with Gasteiger partial charge in [-0.1, -0.05) is 17.5 Å². The molecule has 0 radical (unpaired) electrons. The number of nitrogens with two attached hydrogens (primary N) is 1. The molecule has 1 aromatic rings. The van der Waals surface area contributed by atoms with Gasteiger partial charge in [0, 0.05) is 11.3 Å². The minimum Gasteiger partial charge on any atom is -0.399 e. The SMILES string of the molecule is Cc1cc(N)cc(C)c1C1=C=C=CC=C1. The van der Waals surface area contributed by atoms with Crippen LogP contribution in [-0.2, 0) is 0 Å². The van der Waals surface area contributed by atoms with Gasteiger partial charge in [0.2, 0.25) is 0 Å². The Labute approximate surface area is 89.9 Å². The lowest BCUT2D eigenvalue weighted by molar-refractivity contribution is 1.34. The molecule has 0 spiro atoms. The fraction of sp³-hybridized carbons (Fsp3) is 0.143. The van der Waals surface area contributed by atoms with Crippen molar-refractivity contribution in [1.82, 2.24) is 0 Å². The van der Waals surface area contributed by atoms with E-state index in [9.17, 15) is 0 Å². The van der Waals surface area contributed by atoms with Gasteiger partial charge in [-0.25, -0.2) is 0 Å². The van der Waals surface area contributed by atoms with Crippen molar-refractivity contribution < 1.29 is 0 Å². The van der Waals surface area contributed by atoms with Gasteiger partial charge in [-0.15, -0.1) is 0 Å². The molecule has 0 heterocycles. The standard InChI is InChI=1S/C14H13N/c1-10-8-13(15)9-11(2)14(10)12-6-4-3-5-7-12/h3-4,6,8-9H,15H2,1-2H3. The van der Waals surface area contributed by atoms with E-state index in [1.165, 1.54) is 16.7 Å². The molecule has 0 saturated heterocycles. The van der Waals surface area contributed by atoms with Gasteiger partial charge in [-0.05, 0) is 54.8 Å². The fourth-order valence-electron chi connectivity index (χ4n) is 1.92. The third-order valence-electron chi connectivity index (χ3n) is 2.47. The van der Waals surface area contributed by atoms with Gasteiger partial charge in [0.15, 0.2) is 0 Å². The molecule has 1 aliphatic rings. The summed E-state index contributed by atoms with van der Waals surface area (Å²) in [6.07, 6.45) is 5.87. The highest BCUT2D eigenvalue weighted by Gasteiger charge is 2.07. The number of anilines is 1. The number of nitrogen functional groups attached to an aromatic ring is 1. The van der Waals surface area contributed by atoms with Gasteiger partial charge in [0.05, 0.1) is 0 Å². The monoisotopic (exact) mass is 195 g/mol. The Hall–Kier alpha value is -1.94. The molecule has 74 valence electrons. The Kier molecular flexibility index (Phi) is 2.35. The molecular weight excluding hydrogens is 182 g/mol. The van der Waals surface area contributed by atoms with Gasteiger partial charge >= 0.3 is 0 Å². The second-order valence-electron chi connectivity index (χ2n) is 3.74. The summed E-state index contributed by atoms with van der Waals surface area (Å²) in [7, 11) is 0. The Morgan fingerprint density at radius 1 is 1.13 bits per heavy atom. The molecule has 15 heavy (non-hydrogen) atoms. The second-order valence-corrected chi connectivity index (χ2v) is 3.74. The van der Waals surface area contributed by atoms with Crippen LogP contribution in [0.5, 0.6) is 0 Å². The van der Waals surface area contributed by atoms with E-state index in [4.69, 9.17) is 5.73 Å². The van der Waals surface area contributed by atoms with Crippen molar-refractivity contribution in [2.24, 2.45) is 0 Å². The van der Waals surface area contributed by atoms with E-state index in [1.807, 2.05) is 30.4 Å². The maximum absolute atomic E-state index is 5.79. The van der Waals surface area contributed by atoms with Crippen molar-refractivity contribution in [3.05, 3.63) is 58.5 Å².